The summed E-state index contributed by atoms with van der Waals surface area (Å²) in [6.07, 6.45) is 5.12. The minimum absolute atomic E-state index is 0.460. The summed E-state index contributed by atoms with van der Waals surface area (Å²) in [4.78, 5) is 3.94. The van der Waals surface area contributed by atoms with Gasteiger partial charge in [-0.1, -0.05) is 17.7 Å². The second-order valence-electron chi connectivity index (χ2n) is 4.42. The Bertz CT molecular complexity index is 623. The topological polar surface area (TPSA) is 49.3 Å². The van der Waals surface area contributed by atoms with Crippen molar-refractivity contribution in [2.45, 2.75) is 13.8 Å². The van der Waals surface area contributed by atoms with E-state index in [1.165, 1.54) is 5.56 Å². The molecule has 0 bridgehead atoms. The molecule has 1 aromatic carbocycles. The molecule has 0 spiro atoms. The van der Waals surface area contributed by atoms with Crippen LogP contribution in [0.4, 0.5) is 5.69 Å². The quantitative estimate of drug-likeness (QED) is 0.517. The van der Waals surface area contributed by atoms with E-state index >= 15 is 0 Å². The van der Waals surface area contributed by atoms with Gasteiger partial charge in [0.2, 0.25) is 0 Å². The molecule has 0 saturated carbocycles. The van der Waals surface area contributed by atoms with Gasteiger partial charge >= 0.3 is 0 Å². The fraction of sp³-hybridized carbons (Fsp3) is 0.133. The van der Waals surface area contributed by atoms with Crippen LogP contribution in [0.1, 0.15) is 16.7 Å². The van der Waals surface area contributed by atoms with Crippen LogP contribution >= 0.6 is 12.2 Å². The van der Waals surface area contributed by atoms with Gasteiger partial charge in [-0.3, -0.25) is 10.4 Å². The molecule has 20 heavy (non-hydrogen) atoms. The summed E-state index contributed by atoms with van der Waals surface area (Å²) in [7, 11) is 0. The third-order valence-corrected chi connectivity index (χ3v) is 2.91. The van der Waals surface area contributed by atoms with Crippen molar-refractivity contribution in [3.63, 3.8) is 0 Å². The van der Waals surface area contributed by atoms with Crippen LogP contribution in [0.2, 0.25) is 0 Å². The number of aryl methyl sites for hydroxylation is 2. The monoisotopic (exact) mass is 284 g/mol. The largest absolute Gasteiger partial charge is 0.331 e. The summed E-state index contributed by atoms with van der Waals surface area (Å²) in [5, 5.41) is 7.66. The molecule has 0 amide bonds. The lowest BCUT2D eigenvalue weighted by Crippen LogP contribution is -2.24. The maximum atomic E-state index is 5.20. The van der Waals surface area contributed by atoms with E-state index in [1.807, 2.05) is 31.2 Å². The summed E-state index contributed by atoms with van der Waals surface area (Å²) in [5.41, 5.74) is 7.10. The van der Waals surface area contributed by atoms with Gasteiger partial charge in [0, 0.05) is 18.1 Å². The van der Waals surface area contributed by atoms with Crippen molar-refractivity contribution in [3.05, 3.63) is 59.4 Å². The number of nitrogens with one attached hydrogen (secondary N) is 2. The van der Waals surface area contributed by atoms with Crippen molar-refractivity contribution in [2.24, 2.45) is 5.10 Å². The third kappa shape index (κ3) is 4.13. The van der Waals surface area contributed by atoms with E-state index in [2.05, 4.69) is 33.8 Å². The molecule has 2 N–H and O–H groups in total. The van der Waals surface area contributed by atoms with Crippen LogP contribution in [0.15, 0.2) is 47.8 Å². The number of pyridine rings is 1. The van der Waals surface area contributed by atoms with Crippen LogP contribution in [-0.2, 0) is 0 Å². The van der Waals surface area contributed by atoms with Crippen molar-refractivity contribution in [1.82, 2.24) is 10.4 Å². The highest BCUT2D eigenvalue weighted by atomic mass is 32.1. The number of aromatic nitrogens is 1. The summed E-state index contributed by atoms with van der Waals surface area (Å²) in [6.45, 7) is 4.10. The van der Waals surface area contributed by atoms with E-state index in [1.54, 1.807) is 18.6 Å². The molecule has 0 atom stereocenters. The van der Waals surface area contributed by atoms with Gasteiger partial charge in [-0.25, -0.2) is 0 Å². The summed E-state index contributed by atoms with van der Waals surface area (Å²) in [6, 6.07) is 9.88. The number of benzene rings is 1. The number of hydrogen-bond acceptors (Lipinski definition) is 3. The lowest BCUT2D eigenvalue weighted by atomic mass is 10.1. The van der Waals surface area contributed by atoms with Crippen molar-refractivity contribution >= 4 is 29.2 Å². The molecule has 5 heteroatoms. The zero-order chi connectivity index (χ0) is 14.4. The SMILES string of the molecule is Cc1ccc(NC(=S)N/N=C\c2ccncc2)c(C)c1. The minimum atomic E-state index is 0.460. The van der Waals surface area contributed by atoms with E-state index in [4.69, 9.17) is 12.2 Å². The molecule has 0 unspecified atom stereocenters. The molecule has 1 aromatic heterocycles. The molecular formula is C15H16N4S. The highest BCUT2D eigenvalue weighted by molar-refractivity contribution is 7.80. The zero-order valence-electron chi connectivity index (χ0n) is 11.4. The number of hydrazone groups is 1. The van der Waals surface area contributed by atoms with Crippen LogP contribution in [0.3, 0.4) is 0 Å². The van der Waals surface area contributed by atoms with Crippen molar-refractivity contribution in [3.8, 4) is 0 Å². The first-order valence-electron chi connectivity index (χ1n) is 6.22. The molecule has 102 valence electrons. The molecule has 0 radical (unpaired) electrons. The van der Waals surface area contributed by atoms with Crippen LogP contribution in [0, 0.1) is 13.8 Å². The van der Waals surface area contributed by atoms with Crippen LogP contribution in [0.5, 0.6) is 0 Å². The Kier molecular flexibility index (Phi) is 4.79. The molecular weight excluding hydrogens is 268 g/mol. The lowest BCUT2D eigenvalue weighted by molar-refractivity contribution is 1.05. The Morgan fingerprint density at radius 3 is 2.65 bits per heavy atom. The van der Waals surface area contributed by atoms with Crippen molar-refractivity contribution < 1.29 is 0 Å². The number of nitrogens with zero attached hydrogens (tertiary/aromatic N) is 2. The van der Waals surface area contributed by atoms with Gasteiger partial charge in [0.1, 0.15) is 0 Å². The molecule has 0 aliphatic carbocycles. The maximum Gasteiger partial charge on any atom is 0.191 e. The third-order valence-electron chi connectivity index (χ3n) is 2.72. The summed E-state index contributed by atoms with van der Waals surface area (Å²) >= 11 is 5.20. The fourth-order valence-corrected chi connectivity index (χ4v) is 1.88. The lowest BCUT2D eigenvalue weighted by Gasteiger charge is -2.10. The molecule has 2 rings (SSSR count). The molecule has 2 aromatic rings. The normalized spacial score (nSPS) is 10.5. The number of thiocarbonyl (C=S) groups is 1. The van der Waals surface area contributed by atoms with E-state index in [0.717, 1.165) is 16.8 Å². The molecule has 4 nitrogen and oxygen atoms in total. The number of rotatable bonds is 3. The van der Waals surface area contributed by atoms with E-state index in [-0.39, 0.29) is 0 Å². The van der Waals surface area contributed by atoms with Crippen LogP contribution in [0.25, 0.3) is 0 Å². The van der Waals surface area contributed by atoms with Crippen LogP contribution in [-0.4, -0.2) is 16.3 Å². The summed E-state index contributed by atoms with van der Waals surface area (Å²) in [5.74, 6) is 0. The molecule has 0 fully saturated rings. The molecule has 0 aliphatic heterocycles. The van der Waals surface area contributed by atoms with E-state index in [9.17, 15) is 0 Å². The average molecular weight is 284 g/mol. The first-order valence-corrected chi connectivity index (χ1v) is 6.63. The summed E-state index contributed by atoms with van der Waals surface area (Å²) < 4.78 is 0. The van der Waals surface area contributed by atoms with Gasteiger partial charge < -0.3 is 5.32 Å². The second-order valence-corrected chi connectivity index (χ2v) is 4.83. The van der Waals surface area contributed by atoms with E-state index < -0.39 is 0 Å². The van der Waals surface area contributed by atoms with Gasteiger partial charge in [-0.05, 0) is 55.4 Å². The van der Waals surface area contributed by atoms with Crippen LogP contribution < -0.4 is 10.7 Å². The van der Waals surface area contributed by atoms with Crippen molar-refractivity contribution in [1.29, 1.82) is 0 Å². The van der Waals surface area contributed by atoms with Crippen molar-refractivity contribution in [2.75, 3.05) is 5.32 Å². The van der Waals surface area contributed by atoms with Gasteiger partial charge in [-0.15, -0.1) is 0 Å². The second kappa shape index (κ2) is 6.77. The molecule has 0 aliphatic rings. The Hall–Kier alpha value is -2.27. The first kappa shape index (κ1) is 14.1. The highest BCUT2D eigenvalue weighted by Crippen LogP contribution is 2.15. The van der Waals surface area contributed by atoms with Gasteiger partial charge in [0.25, 0.3) is 0 Å². The molecule has 1 heterocycles. The Labute approximate surface area is 123 Å². The number of hydrogen-bond donors (Lipinski definition) is 2. The smallest absolute Gasteiger partial charge is 0.191 e. The maximum absolute atomic E-state index is 5.20. The van der Waals surface area contributed by atoms with Gasteiger partial charge in [-0.2, -0.15) is 5.10 Å². The Morgan fingerprint density at radius 2 is 1.95 bits per heavy atom. The zero-order valence-corrected chi connectivity index (χ0v) is 12.2. The van der Waals surface area contributed by atoms with E-state index in [0.29, 0.717) is 5.11 Å². The average Bonchev–Trinajstić information content (AvgIpc) is 2.43. The predicted molar refractivity (Wildman–Crippen MR) is 87.1 cm³/mol. The first-order chi connectivity index (χ1) is 9.65. The number of anilines is 1. The Balaban J connectivity index is 1.91. The van der Waals surface area contributed by atoms with Gasteiger partial charge in [0.15, 0.2) is 5.11 Å². The molecule has 0 saturated heterocycles. The highest BCUT2D eigenvalue weighted by Gasteiger charge is 2.00. The minimum Gasteiger partial charge on any atom is -0.331 e. The fourth-order valence-electron chi connectivity index (χ4n) is 1.72. The standard InChI is InChI=1S/C15H16N4S/c1-11-3-4-14(12(2)9-11)18-15(20)19-17-10-13-5-7-16-8-6-13/h3-10H,1-2H3,(H2,18,19,20)/b17-10-. The van der Waals surface area contributed by atoms with Gasteiger partial charge in [0.05, 0.1) is 6.21 Å². The predicted octanol–water partition coefficient (Wildman–Crippen LogP) is 3.02. The Morgan fingerprint density at radius 1 is 1.20 bits per heavy atom.